The zero-order chi connectivity index (χ0) is 17.7. The summed E-state index contributed by atoms with van der Waals surface area (Å²) in [5.41, 5.74) is 0.757. The molecular weight excluding hydrogens is 309 g/mol. The minimum Gasteiger partial charge on any atom is -0.342 e. The molecule has 24 heavy (non-hydrogen) atoms. The predicted octanol–water partition coefficient (Wildman–Crippen LogP) is 1.90. The fourth-order valence-electron chi connectivity index (χ4n) is 2.99. The first-order chi connectivity index (χ1) is 11.4. The maximum Gasteiger partial charge on any atom is 0.244 e. The van der Waals surface area contributed by atoms with E-state index >= 15 is 0 Å². The normalized spacial score (nSPS) is 16.4. The molecule has 0 bridgehead atoms. The zero-order valence-electron chi connectivity index (χ0n) is 14.7. The molecule has 0 unspecified atom stereocenters. The Labute approximate surface area is 143 Å². The summed E-state index contributed by atoms with van der Waals surface area (Å²) in [6, 6.07) is 5.55. The van der Waals surface area contributed by atoms with Crippen LogP contribution in [0.1, 0.15) is 30.9 Å². The number of likely N-dealkylation sites (tertiary alicyclic amines) is 1. The van der Waals surface area contributed by atoms with Gasteiger partial charge >= 0.3 is 0 Å². The molecule has 1 aromatic rings. The molecule has 1 aliphatic heterocycles. The van der Waals surface area contributed by atoms with Gasteiger partial charge in [-0.15, -0.1) is 0 Å². The van der Waals surface area contributed by atoms with Crippen molar-refractivity contribution in [2.75, 3.05) is 40.8 Å². The summed E-state index contributed by atoms with van der Waals surface area (Å²) in [6.07, 6.45) is 2.59. The molecule has 1 atom stereocenters. The van der Waals surface area contributed by atoms with E-state index in [0.717, 1.165) is 24.9 Å². The number of nitrogens with zero attached hydrogens (tertiary/aromatic N) is 3. The molecule has 1 heterocycles. The van der Waals surface area contributed by atoms with Crippen molar-refractivity contribution < 1.29 is 14.0 Å². The third kappa shape index (κ3) is 4.54. The largest absolute Gasteiger partial charge is 0.342 e. The first kappa shape index (κ1) is 18.4. The van der Waals surface area contributed by atoms with Gasteiger partial charge in [0.25, 0.3) is 0 Å². The van der Waals surface area contributed by atoms with E-state index in [4.69, 9.17) is 0 Å². The Balaban J connectivity index is 2.00. The van der Waals surface area contributed by atoms with E-state index in [-0.39, 0.29) is 17.6 Å². The summed E-state index contributed by atoms with van der Waals surface area (Å²) in [6.45, 7) is 1.83. The van der Waals surface area contributed by atoms with Crippen LogP contribution in [0, 0.1) is 5.82 Å². The molecule has 0 aliphatic carbocycles. The van der Waals surface area contributed by atoms with Crippen LogP contribution in [0.2, 0.25) is 0 Å². The summed E-state index contributed by atoms with van der Waals surface area (Å²) in [5.74, 6) is -0.207. The molecule has 2 rings (SSSR count). The van der Waals surface area contributed by atoms with Crippen molar-refractivity contribution in [1.29, 1.82) is 0 Å². The number of rotatable bonds is 6. The number of hydrogen-bond acceptors (Lipinski definition) is 3. The number of likely N-dealkylation sites (N-methyl/N-ethyl adjacent to an activating group) is 2. The minimum absolute atomic E-state index is 0.0592. The molecule has 5 nitrogen and oxygen atoms in total. The molecular formula is C18H26FN3O2. The van der Waals surface area contributed by atoms with E-state index in [9.17, 15) is 14.0 Å². The number of halogens is 1. The van der Waals surface area contributed by atoms with Gasteiger partial charge in [-0.05, 0) is 44.6 Å². The summed E-state index contributed by atoms with van der Waals surface area (Å²) >= 11 is 0. The van der Waals surface area contributed by atoms with E-state index in [1.165, 1.54) is 12.1 Å². The fourth-order valence-corrected chi connectivity index (χ4v) is 2.99. The zero-order valence-corrected chi connectivity index (χ0v) is 14.7. The number of benzene rings is 1. The second kappa shape index (κ2) is 8.24. The van der Waals surface area contributed by atoms with E-state index in [0.29, 0.717) is 19.5 Å². The molecule has 1 fully saturated rings. The summed E-state index contributed by atoms with van der Waals surface area (Å²) in [5, 5.41) is 0. The molecule has 0 aromatic heterocycles. The molecule has 0 spiro atoms. The van der Waals surface area contributed by atoms with Crippen LogP contribution in [0.4, 0.5) is 4.39 Å². The quantitative estimate of drug-likeness (QED) is 0.797. The Morgan fingerprint density at radius 2 is 1.88 bits per heavy atom. The van der Waals surface area contributed by atoms with Crippen molar-refractivity contribution >= 4 is 11.8 Å². The highest BCUT2D eigenvalue weighted by Gasteiger charge is 2.27. The van der Waals surface area contributed by atoms with Gasteiger partial charge in [0.05, 0.1) is 0 Å². The lowest BCUT2D eigenvalue weighted by atomic mass is 10.0. The summed E-state index contributed by atoms with van der Waals surface area (Å²) < 4.78 is 13.1. The van der Waals surface area contributed by atoms with Crippen LogP contribution in [-0.2, 0) is 9.59 Å². The lowest BCUT2D eigenvalue weighted by Crippen LogP contribution is -2.44. The number of hydrogen-bond donors (Lipinski definition) is 0. The lowest BCUT2D eigenvalue weighted by Gasteiger charge is -2.32. The van der Waals surface area contributed by atoms with Gasteiger partial charge in [-0.3, -0.25) is 14.5 Å². The van der Waals surface area contributed by atoms with Gasteiger partial charge in [0.1, 0.15) is 11.9 Å². The SMILES string of the molecule is CN(CCN1CCCCC1=O)C(=O)[C@H](c1ccc(F)cc1)N(C)C. The van der Waals surface area contributed by atoms with Crippen LogP contribution < -0.4 is 0 Å². The highest BCUT2D eigenvalue weighted by atomic mass is 19.1. The molecule has 1 saturated heterocycles. The van der Waals surface area contributed by atoms with Crippen LogP contribution in [0.25, 0.3) is 0 Å². The second-order valence-corrected chi connectivity index (χ2v) is 6.52. The first-order valence-electron chi connectivity index (χ1n) is 8.35. The molecule has 132 valence electrons. The van der Waals surface area contributed by atoms with Crippen molar-refractivity contribution in [3.05, 3.63) is 35.6 Å². The van der Waals surface area contributed by atoms with Crippen LogP contribution in [0.3, 0.4) is 0 Å². The van der Waals surface area contributed by atoms with Crippen molar-refractivity contribution in [2.45, 2.75) is 25.3 Å². The van der Waals surface area contributed by atoms with E-state index in [1.54, 1.807) is 24.1 Å². The van der Waals surface area contributed by atoms with Crippen molar-refractivity contribution in [2.24, 2.45) is 0 Å². The van der Waals surface area contributed by atoms with Crippen LogP contribution in [-0.4, -0.2) is 67.3 Å². The molecule has 6 heteroatoms. The fraction of sp³-hybridized carbons (Fsp3) is 0.556. The molecule has 0 radical (unpaired) electrons. The van der Waals surface area contributed by atoms with Gasteiger partial charge < -0.3 is 9.80 Å². The summed E-state index contributed by atoms with van der Waals surface area (Å²) in [4.78, 5) is 30.0. The highest BCUT2D eigenvalue weighted by molar-refractivity contribution is 5.83. The monoisotopic (exact) mass is 335 g/mol. The molecule has 1 aromatic carbocycles. The maximum atomic E-state index is 13.1. The number of amides is 2. The Bertz CT molecular complexity index is 574. The van der Waals surface area contributed by atoms with Crippen molar-refractivity contribution in [3.8, 4) is 0 Å². The van der Waals surface area contributed by atoms with Gasteiger partial charge in [0.15, 0.2) is 0 Å². The van der Waals surface area contributed by atoms with Gasteiger partial charge in [-0.2, -0.15) is 0 Å². The third-order valence-electron chi connectivity index (χ3n) is 4.44. The van der Waals surface area contributed by atoms with Crippen molar-refractivity contribution in [1.82, 2.24) is 14.7 Å². The van der Waals surface area contributed by atoms with Gasteiger partial charge in [-0.1, -0.05) is 12.1 Å². The summed E-state index contributed by atoms with van der Waals surface area (Å²) in [7, 11) is 5.40. The van der Waals surface area contributed by atoms with Crippen LogP contribution >= 0.6 is 0 Å². The van der Waals surface area contributed by atoms with Gasteiger partial charge in [0.2, 0.25) is 11.8 Å². The predicted molar refractivity (Wildman–Crippen MR) is 90.9 cm³/mol. The Morgan fingerprint density at radius 1 is 1.21 bits per heavy atom. The smallest absolute Gasteiger partial charge is 0.244 e. The topological polar surface area (TPSA) is 43.9 Å². The second-order valence-electron chi connectivity index (χ2n) is 6.52. The molecule has 0 saturated carbocycles. The number of carbonyl (C=O) groups is 2. The van der Waals surface area contributed by atoms with Crippen LogP contribution in [0.15, 0.2) is 24.3 Å². The van der Waals surface area contributed by atoms with Gasteiger partial charge in [0, 0.05) is 33.1 Å². The average molecular weight is 335 g/mol. The average Bonchev–Trinajstić information content (AvgIpc) is 2.55. The minimum atomic E-state index is -0.465. The van der Waals surface area contributed by atoms with Crippen molar-refractivity contribution in [3.63, 3.8) is 0 Å². The van der Waals surface area contributed by atoms with E-state index in [1.807, 2.05) is 23.9 Å². The number of carbonyl (C=O) groups excluding carboxylic acids is 2. The molecule has 0 N–H and O–H groups in total. The highest BCUT2D eigenvalue weighted by Crippen LogP contribution is 2.21. The Kier molecular flexibility index (Phi) is 6.31. The molecule has 2 amide bonds. The molecule has 1 aliphatic rings. The Hall–Kier alpha value is -1.95. The standard InChI is InChI=1S/C18H26FN3O2/c1-20(2)17(14-7-9-15(19)10-8-14)18(24)21(3)12-13-22-11-5-4-6-16(22)23/h7-10,17H,4-6,11-13H2,1-3H3/t17-/m0/s1. The Morgan fingerprint density at radius 3 is 2.46 bits per heavy atom. The van der Waals surface area contributed by atoms with E-state index < -0.39 is 6.04 Å². The van der Waals surface area contributed by atoms with Gasteiger partial charge in [-0.25, -0.2) is 4.39 Å². The first-order valence-corrected chi connectivity index (χ1v) is 8.35. The maximum absolute atomic E-state index is 13.1. The third-order valence-corrected chi connectivity index (χ3v) is 4.44. The van der Waals surface area contributed by atoms with Crippen LogP contribution in [0.5, 0.6) is 0 Å². The van der Waals surface area contributed by atoms with E-state index in [2.05, 4.69) is 0 Å². The number of piperidine rings is 1. The lowest BCUT2D eigenvalue weighted by molar-refractivity contribution is -0.138.